The maximum atomic E-state index is 15.4. The van der Waals surface area contributed by atoms with Crippen LogP contribution < -0.4 is 0 Å². The molecule has 252 valence electrons. The van der Waals surface area contributed by atoms with E-state index >= 15 is 4.39 Å². The zero-order valence-corrected chi connectivity index (χ0v) is 30.7. The Morgan fingerprint density at radius 3 is 1.98 bits per heavy atom. The Labute approximate surface area is 300 Å². The van der Waals surface area contributed by atoms with Gasteiger partial charge in [0, 0.05) is 48.2 Å². The Balaban J connectivity index is 1.16. The van der Waals surface area contributed by atoms with Crippen LogP contribution in [0.5, 0.6) is 0 Å². The number of aryl methyl sites for hydroxylation is 1. The number of benzene rings is 3. The second-order valence-corrected chi connectivity index (χ2v) is 15.3. The first-order chi connectivity index (χ1) is 23.8. The number of halogens is 1. The Morgan fingerprint density at radius 2 is 1.37 bits per heavy atom. The van der Waals surface area contributed by atoms with Gasteiger partial charge in [0.1, 0.15) is 16.9 Å². The Morgan fingerprint density at radius 1 is 0.776 bits per heavy atom. The summed E-state index contributed by atoms with van der Waals surface area (Å²) in [6.45, 7) is 10.1. The molecule has 6 aromatic rings. The number of hydrogen-bond donors (Lipinski definition) is 0. The highest BCUT2D eigenvalue weighted by molar-refractivity contribution is 7.19. The highest BCUT2D eigenvalue weighted by Gasteiger charge is 2.18. The number of esters is 1. The number of aromatic nitrogens is 2. The number of rotatable bonds is 15. The summed E-state index contributed by atoms with van der Waals surface area (Å²) in [7, 11) is 0. The van der Waals surface area contributed by atoms with Crippen LogP contribution in [-0.4, -0.2) is 21.3 Å². The summed E-state index contributed by atoms with van der Waals surface area (Å²) < 4.78 is 30.1. The lowest BCUT2D eigenvalue weighted by atomic mass is 9.92. The zero-order chi connectivity index (χ0) is 34.3. The summed E-state index contributed by atoms with van der Waals surface area (Å²) in [6.07, 6.45) is 7.63. The lowest BCUT2D eigenvalue weighted by molar-refractivity contribution is -0.138. The molecule has 4 nitrogen and oxygen atoms in total. The lowest BCUT2D eigenvalue weighted by Crippen LogP contribution is -2.07. The number of nitrogens with zero attached hydrogens (tertiary/aromatic N) is 2. The maximum Gasteiger partial charge on any atom is 0.333 e. The van der Waals surface area contributed by atoms with Crippen molar-refractivity contribution in [2.45, 2.75) is 65.7 Å². The molecule has 1 atom stereocenters. The monoisotopic (exact) mass is 708 g/mol. The summed E-state index contributed by atoms with van der Waals surface area (Å²) in [4.78, 5) is 15.9. The number of fused-ring (bicyclic) bond motifs is 1. The minimum atomic E-state index is -0.357. The molecule has 3 heterocycles. The number of ether oxygens (including phenoxy) is 1. The van der Waals surface area contributed by atoms with Gasteiger partial charge in [-0.05, 0) is 72.7 Å². The number of unbranched alkanes of at least 4 members (excludes halogenated alkanes) is 1. The van der Waals surface area contributed by atoms with Gasteiger partial charge in [-0.1, -0.05) is 94.6 Å². The molecule has 6 rings (SSSR count). The minimum Gasteiger partial charge on any atom is -0.462 e. The van der Waals surface area contributed by atoms with Crippen molar-refractivity contribution in [3.63, 3.8) is 0 Å². The van der Waals surface area contributed by atoms with Crippen molar-refractivity contribution in [1.29, 1.82) is 0 Å². The van der Waals surface area contributed by atoms with E-state index in [2.05, 4.69) is 81.1 Å². The van der Waals surface area contributed by atoms with Gasteiger partial charge in [0.2, 0.25) is 0 Å². The van der Waals surface area contributed by atoms with Crippen molar-refractivity contribution in [2.24, 2.45) is 5.92 Å². The second kappa shape index (κ2) is 16.2. The fourth-order valence-corrected chi connectivity index (χ4v) is 8.75. The van der Waals surface area contributed by atoms with Crippen molar-refractivity contribution < 1.29 is 13.9 Å². The quantitative estimate of drug-likeness (QED) is 0.0787. The normalized spacial score (nSPS) is 12.0. The lowest BCUT2D eigenvalue weighted by Gasteiger charge is -2.14. The van der Waals surface area contributed by atoms with Gasteiger partial charge in [-0.25, -0.2) is 9.18 Å². The number of hydrogen-bond acceptors (Lipinski definition) is 7. The predicted octanol–water partition coefficient (Wildman–Crippen LogP) is 12.4. The Kier molecular flexibility index (Phi) is 11.5. The summed E-state index contributed by atoms with van der Waals surface area (Å²) in [5.74, 6) is 0.199. The SMILES string of the molecule is C=C(C)C(=O)OCCc1ccc(-c2ccc(-c3ccc(-c4ccc(-c5ccc(CCC(CC)CCCC)cc5F)s4)c4nsnc34)s2)cc1. The highest BCUT2D eigenvalue weighted by Crippen LogP contribution is 2.43. The third-order valence-corrected chi connectivity index (χ3v) is 11.9. The third-order valence-electron chi connectivity index (χ3n) is 9.05. The van der Waals surface area contributed by atoms with Crippen molar-refractivity contribution in [3.05, 3.63) is 108 Å². The first-order valence-corrected chi connectivity index (χ1v) is 19.4. The summed E-state index contributed by atoms with van der Waals surface area (Å²) in [5, 5.41) is 0. The third kappa shape index (κ3) is 8.26. The number of carbonyl (C=O) groups excluding carboxylic acids is 1. The molecule has 3 aromatic heterocycles. The van der Waals surface area contributed by atoms with Crippen molar-refractivity contribution in [2.75, 3.05) is 6.61 Å². The molecule has 0 N–H and O–H groups in total. The molecule has 0 saturated heterocycles. The molecule has 0 fully saturated rings. The van der Waals surface area contributed by atoms with E-state index in [1.807, 2.05) is 12.1 Å². The molecule has 3 aromatic carbocycles. The van der Waals surface area contributed by atoms with Gasteiger partial charge in [0.05, 0.1) is 18.3 Å². The zero-order valence-electron chi connectivity index (χ0n) is 28.3. The molecule has 0 aliphatic heterocycles. The fraction of sp³-hybridized carbons (Fsp3) is 0.293. The second-order valence-electron chi connectivity index (χ2n) is 12.6. The summed E-state index contributed by atoms with van der Waals surface area (Å²) >= 11 is 4.53. The molecule has 0 amide bonds. The molecule has 8 heteroatoms. The Hall–Kier alpha value is -3.98. The molecular formula is C41H41FN2O2S3. The molecule has 0 radical (unpaired) electrons. The first kappa shape index (κ1) is 34.9. The molecule has 1 unspecified atom stereocenters. The van der Waals surface area contributed by atoms with E-state index < -0.39 is 0 Å². The van der Waals surface area contributed by atoms with E-state index in [1.54, 1.807) is 35.7 Å². The maximum absolute atomic E-state index is 15.4. The van der Waals surface area contributed by atoms with Gasteiger partial charge in [0.15, 0.2) is 0 Å². The van der Waals surface area contributed by atoms with Gasteiger partial charge in [0.25, 0.3) is 0 Å². The molecule has 0 saturated carbocycles. The van der Waals surface area contributed by atoms with Gasteiger partial charge >= 0.3 is 5.97 Å². The fourth-order valence-electron chi connectivity index (χ4n) is 6.08. The van der Waals surface area contributed by atoms with Crippen LogP contribution in [0.2, 0.25) is 0 Å². The number of carbonyl (C=O) groups is 1. The predicted molar refractivity (Wildman–Crippen MR) is 206 cm³/mol. The van der Waals surface area contributed by atoms with Crippen LogP contribution in [0.4, 0.5) is 4.39 Å². The van der Waals surface area contributed by atoms with E-state index in [9.17, 15) is 4.79 Å². The van der Waals surface area contributed by atoms with Gasteiger partial charge in [-0.3, -0.25) is 0 Å². The molecule has 0 bridgehead atoms. The molecule has 0 aliphatic rings. The van der Waals surface area contributed by atoms with E-state index in [0.29, 0.717) is 30.1 Å². The summed E-state index contributed by atoms with van der Waals surface area (Å²) in [5.41, 5.74) is 8.18. The van der Waals surface area contributed by atoms with Crippen molar-refractivity contribution >= 4 is 51.4 Å². The van der Waals surface area contributed by atoms with Crippen LogP contribution in [0.25, 0.3) is 52.8 Å². The molecular weight excluding hydrogens is 668 g/mol. The van der Waals surface area contributed by atoms with Crippen LogP contribution in [0.15, 0.2) is 91.0 Å². The highest BCUT2D eigenvalue weighted by atomic mass is 32.1. The van der Waals surface area contributed by atoms with Crippen LogP contribution >= 0.6 is 34.4 Å². The van der Waals surface area contributed by atoms with Gasteiger partial charge in [-0.2, -0.15) is 8.75 Å². The molecule has 0 spiro atoms. The summed E-state index contributed by atoms with van der Waals surface area (Å²) in [6, 6.07) is 26.7. The van der Waals surface area contributed by atoms with Gasteiger partial charge < -0.3 is 4.74 Å². The van der Waals surface area contributed by atoms with Crippen molar-refractivity contribution in [1.82, 2.24) is 8.75 Å². The van der Waals surface area contributed by atoms with Crippen LogP contribution in [-0.2, 0) is 22.4 Å². The largest absolute Gasteiger partial charge is 0.462 e. The first-order valence-electron chi connectivity index (χ1n) is 17.0. The minimum absolute atomic E-state index is 0.157. The van der Waals surface area contributed by atoms with Crippen LogP contribution in [0, 0.1) is 11.7 Å². The number of thiophene rings is 2. The smallest absolute Gasteiger partial charge is 0.333 e. The van der Waals surface area contributed by atoms with E-state index in [-0.39, 0.29) is 11.8 Å². The van der Waals surface area contributed by atoms with E-state index in [0.717, 1.165) is 71.2 Å². The average molecular weight is 709 g/mol. The van der Waals surface area contributed by atoms with Crippen molar-refractivity contribution in [3.8, 4) is 41.8 Å². The van der Waals surface area contributed by atoms with Gasteiger partial charge in [-0.15, -0.1) is 22.7 Å². The van der Waals surface area contributed by atoms with E-state index in [1.165, 1.54) is 37.4 Å². The Bertz CT molecular complexity index is 2060. The molecule has 49 heavy (non-hydrogen) atoms. The molecule has 0 aliphatic carbocycles. The van der Waals surface area contributed by atoms with Crippen LogP contribution in [0.1, 0.15) is 64.0 Å². The van der Waals surface area contributed by atoms with E-state index in [4.69, 9.17) is 13.5 Å². The standard InChI is InChI=1S/C41H41FN2O2S3/c1-5-7-8-27(6-2)9-10-29-13-16-31(34(42)25-29)36-21-22-38(48-36)33-18-17-32(39-40(33)44-49-43-39)37-20-19-35(47-37)30-14-11-28(12-15-30)23-24-46-41(45)26(3)4/h11-22,25,27H,3,5-10,23-24H2,1-2,4H3. The topological polar surface area (TPSA) is 52.1 Å². The average Bonchev–Trinajstić information content (AvgIpc) is 3.90. The van der Waals surface area contributed by atoms with Crippen LogP contribution in [0.3, 0.4) is 0 Å².